The molecule has 4 aromatic rings. The van der Waals surface area contributed by atoms with Crippen LogP contribution in [0, 0.1) is 5.82 Å². The number of nitrogens with one attached hydrogen (secondary N) is 2. The number of amides is 2. The minimum atomic E-state index is -0.703. The summed E-state index contributed by atoms with van der Waals surface area (Å²) in [6.45, 7) is 7.44. The minimum Gasteiger partial charge on any atom is -0.496 e. The molecule has 0 aliphatic carbocycles. The van der Waals surface area contributed by atoms with E-state index in [-0.39, 0.29) is 30.9 Å². The third-order valence-electron chi connectivity index (χ3n) is 9.14. The number of nitrogens with zero attached hydrogens (tertiary/aromatic N) is 4. The third kappa shape index (κ3) is 9.18. The van der Waals surface area contributed by atoms with E-state index in [0.29, 0.717) is 88.3 Å². The summed E-state index contributed by atoms with van der Waals surface area (Å²) in [6.07, 6.45) is 3.99. The van der Waals surface area contributed by atoms with Gasteiger partial charge in [0, 0.05) is 78.9 Å². The largest absolute Gasteiger partial charge is 0.496 e. The van der Waals surface area contributed by atoms with Crippen molar-refractivity contribution in [3.05, 3.63) is 87.9 Å². The zero-order valence-corrected chi connectivity index (χ0v) is 31.6. The van der Waals surface area contributed by atoms with Gasteiger partial charge in [-0.15, -0.1) is 0 Å². The van der Waals surface area contributed by atoms with Gasteiger partial charge in [0.15, 0.2) is 11.6 Å². The van der Waals surface area contributed by atoms with Gasteiger partial charge in [0.05, 0.1) is 41.2 Å². The molecule has 0 spiro atoms. The normalized spacial score (nSPS) is 17.5. The first-order valence-electron chi connectivity index (χ1n) is 17.5. The van der Waals surface area contributed by atoms with E-state index in [0.717, 1.165) is 5.56 Å². The van der Waals surface area contributed by atoms with Crippen molar-refractivity contribution < 1.29 is 28.6 Å². The van der Waals surface area contributed by atoms with Crippen LogP contribution in [0.1, 0.15) is 51.2 Å². The van der Waals surface area contributed by atoms with E-state index < -0.39 is 23.6 Å². The molecule has 0 radical (unpaired) electrons. The maximum Gasteiger partial charge on any atom is 0.410 e. The fourth-order valence-corrected chi connectivity index (χ4v) is 7.14. The van der Waals surface area contributed by atoms with E-state index in [1.807, 2.05) is 29.2 Å². The Labute approximate surface area is 318 Å². The monoisotopic (exact) mass is 764 g/mol. The van der Waals surface area contributed by atoms with Crippen molar-refractivity contribution in [2.75, 3.05) is 32.1 Å². The van der Waals surface area contributed by atoms with Crippen molar-refractivity contribution in [1.29, 1.82) is 0 Å². The Morgan fingerprint density at radius 3 is 2.55 bits per heavy atom. The number of hydrogen-bond acceptors (Lipinski definition) is 9. The Morgan fingerprint density at radius 2 is 1.85 bits per heavy atom. The molecule has 2 fully saturated rings. The second-order valence-electron chi connectivity index (χ2n) is 14.3. The summed E-state index contributed by atoms with van der Waals surface area (Å²) in [5, 5.41) is 16.5. The van der Waals surface area contributed by atoms with Crippen LogP contribution in [0.2, 0.25) is 10.0 Å². The fourth-order valence-electron chi connectivity index (χ4n) is 6.55. The van der Waals surface area contributed by atoms with Gasteiger partial charge >= 0.3 is 6.09 Å². The number of methoxy groups -OCH3 is 1. The third-order valence-corrected chi connectivity index (χ3v) is 9.93. The van der Waals surface area contributed by atoms with Gasteiger partial charge < -0.3 is 30.1 Å². The number of pyridine rings is 2. The number of likely N-dealkylation sites (tertiary alicyclic amines) is 1. The highest BCUT2D eigenvalue weighted by Crippen LogP contribution is 2.42. The fraction of sp³-hybridized carbons (Fsp3) is 0.385. The number of β-amino-alcohol motifs (C(OH)–C–C–N with tert-alkyl or cyclic N) is 1. The molecule has 6 rings (SSSR count). The molecule has 0 saturated carbocycles. The van der Waals surface area contributed by atoms with Gasteiger partial charge in [-0.3, -0.25) is 14.7 Å². The van der Waals surface area contributed by atoms with E-state index in [1.54, 1.807) is 69.4 Å². The minimum absolute atomic E-state index is 0.0354. The summed E-state index contributed by atoms with van der Waals surface area (Å²) in [7, 11) is 1.55. The van der Waals surface area contributed by atoms with E-state index in [9.17, 15) is 14.7 Å². The summed E-state index contributed by atoms with van der Waals surface area (Å²) in [5.41, 5.74) is 3.29. The summed E-state index contributed by atoms with van der Waals surface area (Å²) >= 11 is 14.0. The molecule has 2 aromatic heterocycles. The number of hydrogen-bond donors (Lipinski definition) is 3. The first-order chi connectivity index (χ1) is 25.3. The molecule has 280 valence electrons. The van der Waals surface area contributed by atoms with Crippen molar-refractivity contribution in [3.8, 4) is 28.1 Å². The van der Waals surface area contributed by atoms with E-state index in [4.69, 9.17) is 32.7 Å². The SMILES string of the molecule is COc1cc(-c2nccc(-c3cccc(Nc4nccc(CN5CC[C@@H](O)C5)c4F)c3Cl)c2Cl)ccc1CN(C[C@@H]1CCC(=O)N1)C(=O)OC(C)(C)C. The molecule has 14 heteroatoms. The number of carbonyl (C=O) groups excluding carboxylic acids is 2. The number of ether oxygens (including phenoxy) is 2. The van der Waals surface area contributed by atoms with Gasteiger partial charge in [-0.05, 0) is 57.9 Å². The Kier molecular flexibility index (Phi) is 11.7. The lowest BCUT2D eigenvalue weighted by Gasteiger charge is -2.29. The molecular formula is C39H43Cl2FN6O5. The number of rotatable bonds is 11. The first-order valence-corrected chi connectivity index (χ1v) is 18.2. The first kappa shape index (κ1) is 38.2. The highest BCUT2D eigenvalue weighted by molar-refractivity contribution is 6.39. The summed E-state index contributed by atoms with van der Waals surface area (Å²) in [6, 6.07) is 14.1. The van der Waals surface area contributed by atoms with Gasteiger partial charge in [-0.2, -0.15) is 0 Å². The van der Waals surface area contributed by atoms with Crippen LogP contribution in [0.5, 0.6) is 5.75 Å². The molecule has 11 nitrogen and oxygen atoms in total. The van der Waals surface area contributed by atoms with Gasteiger partial charge in [-0.1, -0.05) is 47.5 Å². The van der Waals surface area contributed by atoms with Crippen molar-refractivity contribution in [3.63, 3.8) is 0 Å². The van der Waals surface area contributed by atoms with Crippen molar-refractivity contribution in [2.45, 2.75) is 70.9 Å². The average Bonchev–Trinajstić information content (AvgIpc) is 3.73. The molecule has 4 heterocycles. The van der Waals surface area contributed by atoms with Gasteiger partial charge in [0.25, 0.3) is 0 Å². The lowest BCUT2D eigenvalue weighted by atomic mass is 10.0. The standard InChI is InChI=1S/C39H43Cl2FN6O5/c1-39(2,3)53-38(51)48(21-26-10-11-32(50)45-26)20-24-9-8-23(18-31(24)52-4)36-34(41)29(13-16-43-36)28-6-5-7-30(33(28)40)46-37-35(42)25(12-15-44-37)19-47-17-14-27(49)22-47/h5-9,12-13,15-16,18,26-27,49H,10-11,14,17,19-22H2,1-4H3,(H,44,46)(H,45,50)/t26-,27+/m0/s1. The van der Waals surface area contributed by atoms with Crippen molar-refractivity contribution in [1.82, 2.24) is 25.1 Å². The number of aromatic nitrogens is 2. The Balaban J connectivity index is 1.25. The summed E-state index contributed by atoms with van der Waals surface area (Å²) in [5.74, 6) is 0.0187. The smallest absolute Gasteiger partial charge is 0.410 e. The zero-order chi connectivity index (χ0) is 37.9. The molecule has 2 atom stereocenters. The van der Waals surface area contributed by atoms with Crippen LogP contribution >= 0.6 is 23.2 Å². The predicted octanol–water partition coefficient (Wildman–Crippen LogP) is 7.59. The Morgan fingerprint density at radius 1 is 1.08 bits per heavy atom. The number of benzene rings is 2. The van der Waals surface area contributed by atoms with E-state index in [2.05, 4.69) is 20.6 Å². The topological polar surface area (TPSA) is 129 Å². The Hall–Kier alpha value is -4.49. The van der Waals surface area contributed by atoms with E-state index in [1.165, 1.54) is 0 Å². The zero-order valence-electron chi connectivity index (χ0n) is 30.1. The lowest BCUT2D eigenvalue weighted by Crippen LogP contribution is -2.43. The number of aliphatic hydroxyl groups is 1. The summed E-state index contributed by atoms with van der Waals surface area (Å²) in [4.78, 5) is 37.5. The molecule has 2 aromatic carbocycles. The summed E-state index contributed by atoms with van der Waals surface area (Å²) < 4.78 is 27.1. The van der Waals surface area contributed by atoms with Crippen LogP contribution in [-0.4, -0.2) is 81.4 Å². The highest BCUT2D eigenvalue weighted by atomic mass is 35.5. The average molecular weight is 766 g/mol. The van der Waals surface area contributed by atoms with Gasteiger partial charge in [-0.25, -0.2) is 14.2 Å². The number of anilines is 2. The van der Waals surface area contributed by atoms with Crippen LogP contribution in [0.4, 0.5) is 20.7 Å². The van der Waals surface area contributed by atoms with Crippen LogP contribution < -0.4 is 15.4 Å². The number of halogens is 3. The number of aliphatic hydroxyl groups excluding tert-OH is 1. The lowest BCUT2D eigenvalue weighted by molar-refractivity contribution is -0.119. The quantitative estimate of drug-likeness (QED) is 0.142. The molecule has 2 aliphatic rings. The molecule has 2 aliphatic heterocycles. The Bertz CT molecular complexity index is 1990. The maximum absolute atomic E-state index is 15.6. The van der Waals surface area contributed by atoms with Crippen LogP contribution in [0.15, 0.2) is 60.9 Å². The molecule has 0 unspecified atom stereocenters. The van der Waals surface area contributed by atoms with Crippen molar-refractivity contribution >= 4 is 46.7 Å². The molecular weight excluding hydrogens is 722 g/mol. The van der Waals surface area contributed by atoms with Crippen molar-refractivity contribution in [2.24, 2.45) is 0 Å². The molecule has 2 saturated heterocycles. The van der Waals surface area contributed by atoms with Gasteiger partial charge in [0.1, 0.15) is 11.4 Å². The van der Waals surface area contributed by atoms with Crippen LogP contribution in [0.25, 0.3) is 22.4 Å². The van der Waals surface area contributed by atoms with E-state index >= 15 is 4.39 Å². The molecule has 2 amide bonds. The van der Waals surface area contributed by atoms with Crippen LogP contribution in [-0.2, 0) is 22.6 Å². The predicted molar refractivity (Wildman–Crippen MR) is 203 cm³/mol. The molecule has 53 heavy (non-hydrogen) atoms. The van der Waals surface area contributed by atoms with Gasteiger partial charge in [0.2, 0.25) is 5.91 Å². The second-order valence-corrected chi connectivity index (χ2v) is 15.1. The van der Waals surface area contributed by atoms with Crippen LogP contribution in [0.3, 0.4) is 0 Å². The second kappa shape index (κ2) is 16.3. The number of carbonyl (C=O) groups is 2. The maximum atomic E-state index is 15.6. The molecule has 0 bridgehead atoms. The highest BCUT2D eigenvalue weighted by Gasteiger charge is 2.29. The molecule has 3 N–H and O–H groups in total.